The van der Waals surface area contributed by atoms with Gasteiger partial charge in [-0.3, -0.25) is 4.90 Å². The first kappa shape index (κ1) is 15.5. The molecule has 1 aliphatic rings. The number of ether oxygens (including phenoxy) is 1. The van der Waals surface area contributed by atoms with E-state index in [-0.39, 0.29) is 17.3 Å². The third-order valence-corrected chi connectivity index (χ3v) is 4.94. The quantitative estimate of drug-likeness (QED) is 0.834. The summed E-state index contributed by atoms with van der Waals surface area (Å²) in [6, 6.07) is 3.24. The first-order valence-electron chi connectivity index (χ1n) is 6.68. The second-order valence-electron chi connectivity index (χ2n) is 5.46. The molecular formula is C13H22N2O4S. The number of hydrogen-bond acceptors (Lipinski definition) is 5. The summed E-state index contributed by atoms with van der Waals surface area (Å²) in [6.07, 6.45) is 0.359. The highest BCUT2D eigenvalue weighted by Crippen LogP contribution is 2.20. The number of rotatable bonds is 4. The van der Waals surface area contributed by atoms with E-state index in [4.69, 9.17) is 9.15 Å². The monoisotopic (exact) mass is 302 g/mol. The Morgan fingerprint density at radius 2 is 1.85 bits per heavy atom. The zero-order valence-electron chi connectivity index (χ0n) is 12.4. The van der Waals surface area contributed by atoms with Crippen molar-refractivity contribution in [3.05, 3.63) is 17.9 Å². The lowest BCUT2D eigenvalue weighted by Gasteiger charge is -2.34. The van der Waals surface area contributed by atoms with Gasteiger partial charge in [-0.25, -0.2) is 12.7 Å². The Hall–Kier alpha value is -0.890. The normalized spacial score (nSPS) is 25.2. The van der Waals surface area contributed by atoms with Crippen LogP contribution in [-0.4, -0.2) is 57.0 Å². The van der Waals surface area contributed by atoms with Crippen LogP contribution in [0.3, 0.4) is 0 Å². The first-order valence-corrected chi connectivity index (χ1v) is 8.12. The zero-order chi connectivity index (χ0) is 14.9. The fourth-order valence-electron chi connectivity index (χ4n) is 2.40. The van der Waals surface area contributed by atoms with Gasteiger partial charge in [-0.2, -0.15) is 0 Å². The second kappa shape index (κ2) is 5.85. The van der Waals surface area contributed by atoms with E-state index < -0.39 is 10.0 Å². The van der Waals surface area contributed by atoms with E-state index in [0.717, 1.165) is 17.4 Å². The standard InChI is InChI=1S/C13H22N2O4S/c1-10-7-15(8-11(2)18-10)9-12-5-6-13(19-12)20(16,17)14(3)4/h5-6,10-11H,7-9H2,1-4H3/t10-,11-/m0/s1. The number of sulfonamides is 1. The highest BCUT2D eigenvalue weighted by atomic mass is 32.2. The lowest BCUT2D eigenvalue weighted by atomic mass is 10.2. The van der Waals surface area contributed by atoms with Crippen LogP contribution in [0.1, 0.15) is 19.6 Å². The van der Waals surface area contributed by atoms with Gasteiger partial charge in [0, 0.05) is 27.2 Å². The third kappa shape index (κ3) is 3.41. The van der Waals surface area contributed by atoms with Crippen LogP contribution >= 0.6 is 0 Å². The highest BCUT2D eigenvalue weighted by Gasteiger charge is 2.25. The third-order valence-electron chi connectivity index (χ3n) is 3.25. The summed E-state index contributed by atoms with van der Waals surface area (Å²) in [5.41, 5.74) is 0. The summed E-state index contributed by atoms with van der Waals surface area (Å²) in [4.78, 5) is 2.21. The van der Waals surface area contributed by atoms with Crippen LogP contribution < -0.4 is 0 Å². The molecule has 6 nitrogen and oxygen atoms in total. The van der Waals surface area contributed by atoms with Crippen molar-refractivity contribution in [2.24, 2.45) is 0 Å². The van der Waals surface area contributed by atoms with Crippen molar-refractivity contribution in [1.82, 2.24) is 9.21 Å². The molecule has 1 aromatic rings. The fourth-order valence-corrected chi connectivity index (χ4v) is 3.21. The summed E-state index contributed by atoms with van der Waals surface area (Å²) in [5.74, 6) is 0.659. The highest BCUT2D eigenvalue weighted by molar-refractivity contribution is 7.88. The molecule has 0 radical (unpaired) electrons. The smallest absolute Gasteiger partial charge is 0.275 e. The minimum absolute atomic E-state index is 0.00754. The van der Waals surface area contributed by atoms with Gasteiger partial charge in [0.2, 0.25) is 5.09 Å². The van der Waals surface area contributed by atoms with Gasteiger partial charge in [-0.05, 0) is 26.0 Å². The maximum atomic E-state index is 11.9. The summed E-state index contributed by atoms with van der Waals surface area (Å²) in [5, 5.41) is -0.00754. The number of furan rings is 1. The van der Waals surface area contributed by atoms with Crippen molar-refractivity contribution in [2.75, 3.05) is 27.2 Å². The van der Waals surface area contributed by atoms with Gasteiger partial charge in [0.25, 0.3) is 10.0 Å². The van der Waals surface area contributed by atoms with Gasteiger partial charge in [0.1, 0.15) is 5.76 Å². The van der Waals surface area contributed by atoms with Crippen LogP contribution in [0.25, 0.3) is 0 Å². The van der Waals surface area contributed by atoms with Crippen molar-refractivity contribution >= 4 is 10.0 Å². The maximum absolute atomic E-state index is 11.9. The molecule has 20 heavy (non-hydrogen) atoms. The SMILES string of the molecule is C[C@H]1CN(Cc2ccc(S(=O)(=O)N(C)C)o2)C[C@H](C)O1. The molecule has 2 heterocycles. The second-order valence-corrected chi connectivity index (χ2v) is 7.54. The molecule has 0 N–H and O–H groups in total. The number of nitrogens with zero attached hydrogens (tertiary/aromatic N) is 2. The van der Waals surface area contributed by atoms with E-state index in [1.54, 1.807) is 6.07 Å². The van der Waals surface area contributed by atoms with Crippen molar-refractivity contribution < 1.29 is 17.6 Å². The Labute approximate surface area is 120 Å². The molecule has 0 unspecified atom stereocenters. The van der Waals surface area contributed by atoms with E-state index in [9.17, 15) is 8.42 Å². The molecule has 0 saturated carbocycles. The molecule has 1 saturated heterocycles. The van der Waals surface area contributed by atoms with Crippen molar-refractivity contribution in [3.63, 3.8) is 0 Å². The molecule has 7 heteroatoms. The predicted molar refractivity (Wildman–Crippen MR) is 74.9 cm³/mol. The van der Waals surface area contributed by atoms with Crippen LogP contribution in [0.15, 0.2) is 21.6 Å². The Morgan fingerprint density at radius 1 is 1.25 bits per heavy atom. The van der Waals surface area contributed by atoms with Gasteiger partial charge in [0.05, 0.1) is 18.8 Å². The van der Waals surface area contributed by atoms with Gasteiger partial charge in [0.15, 0.2) is 0 Å². The van der Waals surface area contributed by atoms with Crippen LogP contribution in [-0.2, 0) is 21.3 Å². The summed E-state index contributed by atoms with van der Waals surface area (Å²) in [7, 11) is -0.517. The Balaban J connectivity index is 2.07. The Bertz CT molecular complexity index is 542. The van der Waals surface area contributed by atoms with E-state index in [0.29, 0.717) is 12.3 Å². The average Bonchev–Trinajstić information content (AvgIpc) is 2.76. The molecule has 0 aromatic carbocycles. The number of morpholine rings is 1. The van der Waals surface area contributed by atoms with Crippen molar-refractivity contribution in [3.8, 4) is 0 Å². The minimum atomic E-state index is -3.49. The summed E-state index contributed by atoms with van der Waals surface area (Å²) in [6.45, 7) is 6.31. The van der Waals surface area contributed by atoms with Crippen LogP contribution in [0.5, 0.6) is 0 Å². The number of hydrogen-bond donors (Lipinski definition) is 0. The molecule has 0 spiro atoms. The van der Waals surface area contributed by atoms with E-state index in [1.165, 1.54) is 20.2 Å². The fraction of sp³-hybridized carbons (Fsp3) is 0.692. The zero-order valence-corrected chi connectivity index (χ0v) is 13.2. The molecule has 1 aliphatic heterocycles. The molecule has 1 aromatic heterocycles. The van der Waals surface area contributed by atoms with E-state index in [2.05, 4.69) is 4.90 Å². The molecule has 0 amide bonds. The largest absolute Gasteiger partial charge is 0.447 e. The molecule has 2 atom stereocenters. The van der Waals surface area contributed by atoms with Crippen molar-refractivity contribution in [1.29, 1.82) is 0 Å². The van der Waals surface area contributed by atoms with Crippen LogP contribution in [0.2, 0.25) is 0 Å². The van der Waals surface area contributed by atoms with Gasteiger partial charge in [-0.15, -0.1) is 0 Å². The first-order chi connectivity index (χ1) is 9.29. The molecule has 1 fully saturated rings. The lowest BCUT2D eigenvalue weighted by molar-refractivity contribution is -0.0720. The summed E-state index contributed by atoms with van der Waals surface area (Å²) >= 11 is 0. The van der Waals surface area contributed by atoms with Crippen LogP contribution in [0.4, 0.5) is 0 Å². The van der Waals surface area contributed by atoms with Crippen LogP contribution in [0, 0.1) is 0 Å². The minimum Gasteiger partial charge on any atom is -0.447 e. The maximum Gasteiger partial charge on any atom is 0.275 e. The lowest BCUT2D eigenvalue weighted by Crippen LogP contribution is -2.44. The molecule has 114 valence electrons. The van der Waals surface area contributed by atoms with Gasteiger partial charge in [-0.1, -0.05) is 0 Å². The summed E-state index contributed by atoms with van der Waals surface area (Å²) < 4.78 is 36.2. The Morgan fingerprint density at radius 3 is 2.40 bits per heavy atom. The predicted octanol–water partition coefficient (Wildman–Crippen LogP) is 1.14. The molecule has 0 bridgehead atoms. The molecule has 0 aliphatic carbocycles. The van der Waals surface area contributed by atoms with E-state index in [1.807, 2.05) is 13.8 Å². The van der Waals surface area contributed by atoms with Gasteiger partial charge < -0.3 is 9.15 Å². The van der Waals surface area contributed by atoms with Gasteiger partial charge >= 0.3 is 0 Å². The van der Waals surface area contributed by atoms with E-state index >= 15 is 0 Å². The molecular weight excluding hydrogens is 280 g/mol. The molecule has 2 rings (SSSR count). The Kier molecular flexibility index (Phi) is 4.53. The van der Waals surface area contributed by atoms with Crippen molar-refractivity contribution in [2.45, 2.75) is 37.7 Å². The topological polar surface area (TPSA) is 63.0 Å². The average molecular weight is 302 g/mol.